The molecule has 0 aromatic rings. The summed E-state index contributed by atoms with van der Waals surface area (Å²) in [4.78, 5) is 35.1. The van der Waals surface area contributed by atoms with E-state index >= 15 is 0 Å². The zero-order chi connectivity index (χ0) is 18.3. The van der Waals surface area contributed by atoms with Gasteiger partial charge in [0.1, 0.15) is 6.04 Å². The standard InChI is InChI=1S/C13H24N6O5/c1-8-4-6-18(10(7-8)12(21)22)11(20)9(14)3-2-5-16-13(15)17-19(23)24/h8-10H,2-7,14H2,1H3,(H,21,22)(H3,15,16,17)/t8-,9-,10-/m0/s1. The van der Waals surface area contributed by atoms with E-state index in [0.717, 1.165) is 6.42 Å². The molecular formula is C13H24N6O5. The van der Waals surface area contributed by atoms with Crippen LogP contribution in [-0.4, -0.2) is 58.0 Å². The van der Waals surface area contributed by atoms with Crippen molar-refractivity contribution in [2.45, 2.75) is 44.7 Å². The Bertz CT molecular complexity index is 499. The average molecular weight is 344 g/mol. The highest BCUT2D eigenvalue weighted by atomic mass is 16.7. The molecule has 0 saturated carbocycles. The van der Waals surface area contributed by atoms with Crippen LogP contribution >= 0.6 is 0 Å². The number of hydrazine groups is 1. The lowest BCUT2D eigenvalue weighted by atomic mass is 9.91. The molecule has 0 unspecified atom stereocenters. The van der Waals surface area contributed by atoms with Crippen molar-refractivity contribution in [3.8, 4) is 0 Å². The number of nitrogens with two attached hydrogens (primary N) is 1. The van der Waals surface area contributed by atoms with Crippen molar-refractivity contribution < 1.29 is 19.7 Å². The van der Waals surface area contributed by atoms with Gasteiger partial charge in [-0.2, -0.15) is 0 Å². The van der Waals surface area contributed by atoms with Crippen LogP contribution in [0.4, 0.5) is 0 Å². The molecule has 0 aromatic carbocycles. The number of nitro groups is 1. The zero-order valence-corrected chi connectivity index (χ0v) is 13.5. The minimum atomic E-state index is -1.02. The topological polar surface area (TPSA) is 175 Å². The summed E-state index contributed by atoms with van der Waals surface area (Å²) in [5, 5.41) is 28.2. The number of amides is 1. The molecule has 0 aliphatic carbocycles. The molecule has 24 heavy (non-hydrogen) atoms. The second-order valence-corrected chi connectivity index (χ2v) is 5.93. The summed E-state index contributed by atoms with van der Waals surface area (Å²) in [5.74, 6) is -1.62. The molecule has 1 saturated heterocycles. The molecule has 0 bridgehead atoms. The summed E-state index contributed by atoms with van der Waals surface area (Å²) in [6.07, 6.45) is 1.86. The van der Waals surface area contributed by atoms with Crippen LogP contribution < -0.4 is 16.5 Å². The number of hydrogen-bond donors (Lipinski definition) is 5. The van der Waals surface area contributed by atoms with Crippen molar-refractivity contribution in [2.24, 2.45) is 11.7 Å². The van der Waals surface area contributed by atoms with Gasteiger partial charge >= 0.3 is 5.97 Å². The number of rotatable bonds is 7. The van der Waals surface area contributed by atoms with Gasteiger partial charge < -0.3 is 21.1 Å². The van der Waals surface area contributed by atoms with Gasteiger partial charge in [0.05, 0.1) is 6.04 Å². The second-order valence-electron chi connectivity index (χ2n) is 5.93. The van der Waals surface area contributed by atoms with Crippen molar-refractivity contribution in [3.63, 3.8) is 0 Å². The molecule has 1 fully saturated rings. The molecule has 0 aromatic heterocycles. The van der Waals surface area contributed by atoms with Crippen LogP contribution in [0, 0.1) is 21.4 Å². The fourth-order valence-electron chi connectivity index (χ4n) is 2.64. The first-order chi connectivity index (χ1) is 11.2. The number of nitrogens with one attached hydrogen (secondary N) is 3. The zero-order valence-electron chi connectivity index (χ0n) is 13.5. The lowest BCUT2D eigenvalue weighted by Crippen LogP contribution is -2.54. The Labute approximate surface area is 139 Å². The van der Waals surface area contributed by atoms with E-state index in [9.17, 15) is 24.8 Å². The normalized spacial score (nSPS) is 21.7. The lowest BCUT2D eigenvalue weighted by Gasteiger charge is -2.37. The smallest absolute Gasteiger partial charge is 0.326 e. The minimum absolute atomic E-state index is 0.236. The van der Waals surface area contributed by atoms with Crippen LogP contribution in [0.1, 0.15) is 32.6 Å². The first-order valence-electron chi connectivity index (χ1n) is 7.74. The highest BCUT2D eigenvalue weighted by Gasteiger charge is 2.36. The Morgan fingerprint density at radius 3 is 2.79 bits per heavy atom. The van der Waals surface area contributed by atoms with E-state index in [2.05, 4.69) is 5.32 Å². The maximum absolute atomic E-state index is 12.4. The largest absolute Gasteiger partial charge is 0.480 e. The van der Waals surface area contributed by atoms with E-state index in [4.69, 9.17) is 11.1 Å². The third-order valence-corrected chi connectivity index (χ3v) is 3.95. The van der Waals surface area contributed by atoms with Gasteiger partial charge in [0, 0.05) is 13.1 Å². The van der Waals surface area contributed by atoms with Crippen molar-refractivity contribution in [2.75, 3.05) is 13.1 Å². The van der Waals surface area contributed by atoms with Gasteiger partial charge in [0.25, 0.3) is 5.96 Å². The maximum atomic E-state index is 12.4. The fraction of sp³-hybridized carbons (Fsp3) is 0.769. The summed E-state index contributed by atoms with van der Waals surface area (Å²) in [5.41, 5.74) is 7.50. The summed E-state index contributed by atoms with van der Waals surface area (Å²) in [6, 6.07) is -1.68. The highest BCUT2D eigenvalue weighted by molar-refractivity contribution is 5.87. The van der Waals surface area contributed by atoms with Gasteiger partial charge in [0.15, 0.2) is 5.03 Å². The number of carboxylic acid groups (broad SMARTS) is 1. The Morgan fingerprint density at radius 1 is 1.54 bits per heavy atom. The average Bonchev–Trinajstić information content (AvgIpc) is 2.49. The van der Waals surface area contributed by atoms with Crippen LogP contribution in [0.3, 0.4) is 0 Å². The molecule has 0 radical (unpaired) electrons. The molecule has 0 spiro atoms. The van der Waals surface area contributed by atoms with E-state index in [1.54, 1.807) is 5.43 Å². The molecule has 1 rings (SSSR count). The van der Waals surface area contributed by atoms with E-state index in [1.165, 1.54) is 4.90 Å². The van der Waals surface area contributed by atoms with E-state index in [-0.39, 0.29) is 18.9 Å². The van der Waals surface area contributed by atoms with Gasteiger partial charge in [-0.15, -0.1) is 0 Å². The number of carbonyl (C=O) groups excluding carboxylic acids is 1. The molecule has 136 valence electrons. The number of carbonyl (C=O) groups is 2. The molecule has 11 nitrogen and oxygen atoms in total. The Balaban J connectivity index is 2.42. The number of hydrogen-bond acceptors (Lipinski definition) is 6. The SMILES string of the molecule is C[C@H]1CCN(C(=O)[C@@H](N)CCCNC(=N)N[N+](=O)[O-])[C@H](C(=O)O)C1. The van der Waals surface area contributed by atoms with Crippen LogP contribution in [0.5, 0.6) is 0 Å². The first kappa shape index (κ1) is 19.6. The maximum Gasteiger partial charge on any atom is 0.326 e. The van der Waals surface area contributed by atoms with Gasteiger partial charge in [0.2, 0.25) is 5.91 Å². The Kier molecular flexibility index (Phi) is 7.36. The molecule has 11 heteroatoms. The third-order valence-electron chi connectivity index (χ3n) is 3.95. The summed E-state index contributed by atoms with van der Waals surface area (Å²) >= 11 is 0. The van der Waals surface area contributed by atoms with Crippen molar-refractivity contribution in [1.29, 1.82) is 5.41 Å². The summed E-state index contributed by atoms with van der Waals surface area (Å²) < 4.78 is 0. The lowest BCUT2D eigenvalue weighted by molar-refractivity contribution is -0.525. The van der Waals surface area contributed by atoms with E-state index < -0.39 is 35.0 Å². The van der Waals surface area contributed by atoms with Crippen molar-refractivity contribution >= 4 is 17.8 Å². The van der Waals surface area contributed by atoms with Crippen molar-refractivity contribution in [1.82, 2.24) is 15.6 Å². The quantitative estimate of drug-likeness (QED) is 0.130. The van der Waals surface area contributed by atoms with Gasteiger partial charge in [-0.05, 0) is 31.6 Å². The fourth-order valence-corrected chi connectivity index (χ4v) is 2.64. The number of carboxylic acids is 1. The third kappa shape index (κ3) is 5.99. The van der Waals surface area contributed by atoms with Crippen LogP contribution in [0.25, 0.3) is 0 Å². The van der Waals surface area contributed by atoms with Crippen LogP contribution in [-0.2, 0) is 9.59 Å². The van der Waals surface area contributed by atoms with Gasteiger partial charge in [-0.1, -0.05) is 12.3 Å². The minimum Gasteiger partial charge on any atom is -0.480 e. The number of piperidine rings is 1. The number of aliphatic carboxylic acids is 1. The molecule has 1 amide bonds. The van der Waals surface area contributed by atoms with Crippen LogP contribution in [0.2, 0.25) is 0 Å². The molecule has 1 aliphatic heterocycles. The highest BCUT2D eigenvalue weighted by Crippen LogP contribution is 2.23. The Morgan fingerprint density at radius 2 is 2.21 bits per heavy atom. The molecular weight excluding hydrogens is 320 g/mol. The predicted octanol–water partition coefficient (Wildman–Crippen LogP) is -0.889. The monoisotopic (exact) mass is 344 g/mol. The summed E-state index contributed by atoms with van der Waals surface area (Å²) in [6.45, 7) is 2.57. The molecule has 1 heterocycles. The molecule has 3 atom stereocenters. The van der Waals surface area contributed by atoms with E-state index in [1.807, 2.05) is 6.92 Å². The number of likely N-dealkylation sites (tertiary alicyclic amines) is 1. The summed E-state index contributed by atoms with van der Waals surface area (Å²) in [7, 11) is 0. The number of nitrogens with zero attached hydrogens (tertiary/aromatic N) is 2. The predicted molar refractivity (Wildman–Crippen MR) is 84.6 cm³/mol. The molecule has 6 N–H and O–H groups in total. The van der Waals surface area contributed by atoms with Gasteiger partial charge in [-0.25, -0.2) is 14.9 Å². The molecule has 1 aliphatic rings. The number of guanidine groups is 1. The van der Waals surface area contributed by atoms with Crippen molar-refractivity contribution in [3.05, 3.63) is 10.1 Å². The first-order valence-corrected chi connectivity index (χ1v) is 7.74. The van der Waals surface area contributed by atoms with E-state index in [0.29, 0.717) is 19.4 Å². The van der Waals surface area contributed by atoms with Gasteiger partial charge in [-0.3, -0.25) is 10.2 Å². The van der Waals surface area contributed by atoms with Crippen LogP contribution in [0.15, 0.2) is 0 Å². The Hall–Kier alpha value is -2.43. The second kappa shape index (κ2) is 9.01.